The second-order valence-electron chi connectivity index (χ2n) is 4.27. The molecular formula is C16H12Br2NOS-. The van der Waals surface area contributed by atoms with Crippen molar-refractivity contribution in [1.29, 1.82) is 0 Å². The number of halogens is 2. The molecule has 108 valence electrons. The van der Waals surface area contributed by atoms with Crippen LogP contribution in [0.5, 0.6) is 5.75 Å². The van der Waals surface area contributed by atoms with Gasteiger partial charge in [0.25, 0.3) is 0 Å². The molecule has 3 aromatic rings. The predicted octanol–water partition coefficient (Wildman–Crippen LogP) is 2.25. The van der Waals surface area contributed by atoms with Crippen LogP contribution in [0.1, 0.15) is 0 Å². The van der Waals surface area contributed by atoms with Crippen LogP contribution >= 0.6 is 27.3 Å². The summed E-state index contributed by atoms with van der Waals surface area (Å²) in [7, 11) is 1.67. The van der Waals surface area contributed by atoms with E-state index in [1.54, 1.807) is 18.4 Å². The van der Waals surface area contributed by atoms with Crippen LogP contribution < -0.4 is 21.7 Å². The Morgan fingerprint density at radius 1 is 0.952 bits per heavy atom. The second kappa shape index (κ2) is 7.20. The molecule has 0 atom stereocenters. The molecule has 1 aromatic heterocycles. The number of methoxy groups -OCH3 is 1. The van der Waals surface area contributed by atoms with Gasteiger partial charge in [-0.15, -0.1) is 11.3 Å². The number of rotatable bonds is 3. The minimum Gasteiger partial charge on any atom is -1.00 e. The van der Waals surface area contributed by atoms with Crippen molar-refractivity contribution < 1.29 is 21.7 Å². The molecule has 0 fully saturated rings. The molecule has 0 saturated carbocycles. The van der Waals surface area contributed by atoms with Crippen LogP contribution in [0.15, 0.2) is 58.4 Å². The van der Waals surface area contributed by atoms with E-state index in [0.29, 0.717) is 0 Å². The highest BCUT2D eigenvalue weighted by molar-refractivity contribution is 9.10. The molecule has 0 radical (unpaired) electrons. The number of benzene rings is 2. The summed E-state index contributed by atoms with van der Waals surface area (Å²) >= 11 is 5.10. The lowest BCUT2D eigenvalue weighted by molar-refractivity contribution is -0.00000410. The Labute approximate surface area is 146 Å². The average Bonchev–Trinajstić information content (AvgIpc) is 2.98. The molecule has 21 heavy (non-hydrogen) atoms. The monoisotopic (exact) mass is 424 g/mol. The van der Waals surface area contributed by atoms with Gasteiger partial charge in [-0.2, -0.15) is 0 Å². The van der Waals surface area contributed by atoms with Gasteiger partial charge in [0.15, 0.2) is 0 Å². The van der Waals surface area contributed by atoms with Crippen molar-refractivity contribution in [2.24, 2.45) is 0 Å². The maximum atomic E-state index is 5.17. The van der Waals surface area contributed by atoms with Crippen LogP contribution in [-0.4, -0.2) is 12.1 Å². The van der Waals surface area contributed by atoms with Crippen molar-refractivity contribution in [1.82, 2.24) is 4.98 Å². The normalized spacial score (nSPS) is 10.0. The van der Waals surface area contributed by atoms with Gasteiger partial charge >= 0.3 is 0 Å². The van der Waals surface area contributed by atoms with Crippen molar-refractivity contribution in [3.63, 3.8) is 0 Å². The summed E-state index contributed by atoms with van der Waals surface area (Å²) in [6, 6.07) is 16.2. The van der Waals surface area contributed by atoms with Crippen molar-refractivity contribution in [2.75, 3.05) is 7.11 Å². The van der Waals surface area contributed by atoms with Gasteiger partial charge in [-0.25, -0.2) is 4.98 Å². The van der Waals surface area contributed by atoms with Crippen molar-refractivity contribution in [2.45, 2.75) is 0 Å². The molecule has 0 aliphatic carbocycles. The first-order valence-electron chi connectivity index (χ1n) is 6.12. The molecule has 0 bridgehead atoms. The summed E-state index contributed by atoms with van der Waals surface area (Å²) in [4.78, 5) is 4.70. The molecule has 2 aromatic carbocycles. The summed E-state index contributed by atoms with van der Waals surface area (Å²) in [5, 5.41) is 3.11. The molecule has 0 spiro atoms. The molecule has 0 N–H and O–H groups in total. The van der Waals surface area contributed by atoms with Crippen LogP contribution in [0.3, 0.4) is 0 Å². The van der Waals surface area contributed by atoms with Gasteiger partial charge in [-0.3, -0.25) is 0 Å². The van der Waals surface area contributed by atoms with E-state index in [0.717, 1.165) is 32.1 Å². The first kappa shape index (κ1) is 16.2. The highest BCUT2D eigenvalue weighted by Crippen LogP contribution is 2.30. The molecule has 0 unspecified atom stereocenters. The summed E-state index contributed by atoms with van der Waals surface area (Å²) in [5.74, 6) is 0.860. The zero-order valence-electron chi connectivity index (χ0n) is 11.2. The Morgan fingerprint density at radius 2 is 1.57 bits per heavy atom. The zero-order valence-corrected chi connectivity index (χ0v) is 15.2. The number of ether oxygens (including phenoxy) is 1. The summed E-state index contributed by atoms with van der Waals surface area (Å²) in [6.07, 6.45) is 0. The Bertz CT molecular complexity index is 708. The number of hydrogen-bond acceptors (Lipinski definition) is 3. The smallest absolute Gasteiger partial charge is 0.124 e. The van der Waals surface area contributed by atoms with E-state index >= 15 is 0 Å². The Morgan fingerprint density at radius 3 is 2.19 bits per heavy atom. The third-order valence-electron chi connectivity index (χ3n) is 2.98. The second-order valence-corrected chi connectivity index (χ2v) is 6.05. The van der Waals surface area contributed by atoms with Gasteiger partial charge in [0.1, 0.15) is 10.8 Å². The summed E-state index contributed by atoms with van der Waals surface area (Å²) < 4.78 is 6.25. The molecule has 0 amide bonds. The van der Waals surface area contributed by atoms with Gasteiger partial charge in [0, 0.05) is 21.0 Å². The maximum absolute atomic E-state index is 5.17. The van der Waals surface area contributed by atoms with Gasteiger partial charge in [0.2, 0.25) is 0 Å². The Hall–Kier alpha value is -1.17. The summed E-state index contributed by atoms with van der Waals surface area (Å²) in [6.45, 7) is 0. The zero-order chi connectivity index (χ0) is 13.9. The van der Waals surface area contributed by atoms with Crippen LogP contribution in [0.4, 0.5) is 0 Å². The molecule has 0 aliphatic rings. The van der Waals surface area contributed by atoms with E-state index in [2.05, 4.69) is 33.4 Å². The third kappa shape index (κ3) is 3.73. The fraction of sp³-hybridized carbons (Fsp3) is 0.0625. The molecule has 0 aliphatic heterocycles. The molecule has 1 heterocycles. The molecule has 3 rings (SSSR count). The topological polar surface area (TPSA) is 22.1 Å². The van der Waals surface area contributed by atoms with Crippen LogP contribution in [-0.2, 0) is 0 Å². The van der Waals surface area contributed by atoms with Gasteiger partial charge in [-0.1, -0.05) is 28.1 Å². The average molecular weight is 426 g/mol. The minimum absolute atomic E-state index is 0. The first-order valence-corrected chi connectivity index (χ1v) is 7.79. The third-order valence-corrected chi connectivity index (χ3v) is 4.40. The highest BCUT2D eigenvalue weighted by Gasteiger charge is 2.06. The van der Waals surface area contributed by atoms with Crippen LogP contribution in [0.2, 0.25) is 0 Å². The van der Waals surface area contributed by atoms with Crippen LogP contribution in [0.25, 0.3) is 21.8 Å². The lowest BCUT2D eigenvalue weighted by atomic mass is 10.2. The minimum atomic E-state index is 0. The van der Waals surface area contributed by atoms with Crippen molar-refractivity contribution >= 4 is 27.3 Å². The lowest BCUT2D eigenvalue weighted by Gasteiger charge is -2.00. The van der Waals surface area contributed by atoms with Gasteiger partial charge in [-0.05, 0) is 36.4 Å². The van der Waals surface area contributed by atoms with Crippen molar-refractivity contribution in [3.05, 3.63) is 58.4 Å². The van der Waals surface area contributed by atoms with E-state index < -0.39 is 0 Å². The maximum Gasteiger partial charge on any atom is 0.124 e. The number of aromatic nitrogens is 1. The predicted molar refractivity (Wildman–Crippen MR) is 87.2 cm³/mol. The molecule has 2 nitrogen and oxygen atoms in total. The SMILES string of the molecule is COc1ccc(-c2nc(-c3ccc(Br)cc3)cs2)cc1.[Br-]. The van der Waals surface area contributed by atoms with E-state index in [-0.39, 0.29) is 17.0 Å². The fourth-order valence-electron chi connectivity index (χ4n) is 1.89. The van der Waals surface area contributed by atoms with E-state index in [1.165, 1.54) is 0 Å². The Kier molecular flexibility index (Phi) is 5.56. The number of thiazole rings is 1. The highest BCUT2D eigenvalue weighted by atomic mass is 79.9. The quantitative estimate of drug-likeness (QED) is 0.642. The molecule has 0 saturated heterocycles. The van der Waals surface area contributed by atoms with E-state index in [9.17, 15) is 0 Å². The largest absolute Gasteiger partial charge is 1.00 e. The number of hydrogen-bond donors (Lipinski definition) is 0. The van der Waals surface area contributed by atoms with E-state index in [1.807, 2.05) is 36.4 Å². The number of nitrogens with zero attached hydrogens (tertiary/aromatic N) is 1. The van der Waals surface area contributed by atoms with E-state index in [4.69, 9.17) is 9.72 Å². The Balaban J connectivity index is 0.00000161. The first-order chi connectivity index (χ1) is 9.76. The summed E-state index contributed by atoms with van der Waals surface area (Å²) in [5.41, 5.74) is 3.25. The van der Waals surface area contributed by atoms with Gasteiger partial charge < -0.3 is 21.7 Å². The van der Waals surface area contributed by atoms with Crippen LogP contribution in [0, 0.1) is 0 Å². The van der Waals surface area contributed by atoms with Gasteiger partial charge in [0.05, 0.1) is 12.8 Å². The lowest BCUT2D eigenvalue weighted by Crippen LogP contribution is -3.00. The fourth-order valence-corrected chi connectivity index (χ4v) is 2.99. The van der Waals surface area contributed by atoms with Crippen molar-refractivity contribution in [3.8, 4) is 27.6 Å². The standard InChI is InChI=1S/C16H12BrNOS.BrH/c1-19-14-8-4-12(5-9-14)16-18-15(10-20-16)11-2-6-13(17)7-3-11;/h2-10H,1H3;1H/p-1. The molecule has 5 heteroatoms. The molecular weight excluding hydrogens is 414 g/mol.